The molecule has 138 valence electrons. The second-order valence-electron chi connectivity index (χ2n) is 5.97. The van der Waals surface area contributed by atoms with E-state index >= 15 is 0 Å². The highest BCUT2D eigenvalue weighted by Gasteiger charge is 2.38. The number of nitrogens with one attached hydrogen (secondary N) is 2. The Morgan fingerprint density at radius 3 is 2.60 bits per heavy atom. The summed E-state index contributed by atoms with van der Waals surface area (Å²) in [5.41, 5.74) is 0.844. The van der Waals surface area contributed by atoms with E-state index in [9.17, 15) is 9.59 Å². The van der Waals surface area contributed by atoms with Crippen LogP contribution in [-0.4, -0.2) is 63.7 Å². The average Bonchev–Trinajstić information content (AvgIpc) is 3.11. The normalized spacial score (nSPS) is 18.6. The largest absolute Gasteiger partial charge is 0.497 e. The molecular weight excluding hydrogens is 322 g/mol. The highest BCUT2D eigenvalue weighted by atomic mass is 16.5. The summed E-state index contributed by atoms with van der Waals surface area (Å²) >= 11 is 0. The van der Waals surface area contributed by atoms with Crippen molar-refractivity contribution in [2.45, 2.75) is 24.9 Å². The van der Waals surface area contributed by atoms with Crippen LogP contribution in [0.5, 0.6) is 5.75 Å². The van der Waals surface area contributed by atoms with Crippen LogP contribution in [0, 0.1) is 0 Å². The Morgan fingerprint density at radius 2 is 2.00 bits per heavy atom. The Hall–Kier alpha value is -2.12. The number of hydrogen-bond acceptors (Lipinski definition) is 5. The van der Waals surface area contributed by atoms with Crippen LogP contribution < -0.4 is 15.4 Å². The van der Waals surface area contributed by atoms with Crippen molar-refractivity contribution in [1.82, 2.24) is 15.5 Å². The van der Waals surface area contributed by atoms with Crippen LogP contribution in [0.25, 0.3) is 0 Å². The number of rotatable bonds is 8. The van der Waals surface area contributed by atoms with Crippen LogP contribution in [0.3, 0.4) is 0 Å². The summed E-state index contributed by atoms with van der Waals surface area (Å²) in [6, 6.07) is 6.58. The number of hydrogen-bond donors (Lipinski definition) is 2. The van der Waals surface area contributed by atoms with Crippen LogP contribution in [0.4, 0.5) is 0 Å². The molecule has 0 spiro atoms. The van der Waals surface area contributed by atoms with Gasteiger partial charge in [0.1, 0.15) is 11.8 Å². The first kappa shape index (κ1) is 19.2. The van der Waals surface area contributed by atoms with E-state index in [4.69, 9.17) is 9.47 Å². The summed E-state index contributed by atoms with van der Waals surface area (Å²) < 4.78 is 10.2. The first-order chi connectivity index (χ1) is 12.1. The predicted molar refractivity (Wildman–Crippen MR) is 94.4 cm³/mol. The Bertz CT molecular complexity index is 576. The maximum Gasteiger partial charge on any atom is 0.241 e. The molecule has 0 radical (unpaired) electrons. The van der Waals surface area contributed by atoms with Gasteiger partial charge in [-0.05, 0) is 30.5 Å². The zero-order valence-corrected chi connectivity index (χ0v) is 15.1. The molecular formula is C18H27N3O4. The van der Waals surface area contributed by atoms with Crippen LogP contribution in [-0.2, 0) is 14.3 Å². The van der Waals surface area contributed by atoms with Crippen molar-refractivity contribution in [2.75, 3.05) is 41.0 Å². The van der Waals surface area contributed by atoms with E-state index in [2.05, 4.69) is 10.6 Å². The fraction of sp³-hybridized carbons (Fsp3) is 0.556. The molecule has 2 rings (SSSR count). The first-order valence-electron chi connectivity index (χ1n) is 8.50. The molecule has 7 heteroatoms. The van der Waals surface area contributed by atoms with Gasteiger partial charge in [0.15, 0.2) is 0 Å². The lowest BCUT2D eigenvalue weighted by atomic mass is 10.0. The van der Waals surface area contributed by atoms with Crippen molar-refractivity contribution < 1.29 is 19.1 Å². The van der Waals surface area contributed by atoms with Gasteiger partial charge in [-0.15, -0.1) is 0 Å². The minimum absolute atomic E-state index is 0.0584. The number of benzene rings is 1. The lowest BCUT2D eigenvalue weighted by Gasteiger charge is -2.31. The fourth-order valence-corrected chi connectivity index (χ4v) is 3.19. The molecule has 2 unspecified atom stereocenters. The number of likely N-dealkylation sites (tertiary alicyclic amines) is 1. The zero-order chi connectivity index (χ0) is 18.2. The molecule has 1 aliphatic rings. The molecule has 0 aromatic heterocycles. The second-order valence-corrected chi connectivity index (χ2v) is 5.97. The van der Waals surface area contributed by atoms with Crippen LogP contribution in [0.2, 0.25) is 0 Å². The number of carbonyl (C=O) groups is 2. The molecule has 2 amide bonds. The molecule has 1 aromatic carbocycles. The first-order valence-corrected chi connectivity index (χ1v) is 8.50. The summed E-state index contributed by atoms with van der Waals surface area (Å²) in [6.45, 7) is 1.63. The van der Waals surface area contributed by atoms with Gasteiger partial charge in [-0.3, -0.25) is 14.5 Å². The molecule has 0 bridgehead atoms. The van der Waals surface area contributed by atoms with Gasteiger partial charge in [0.05, 0.1) is 19.8 Å². The summed E-state index contributed by atoms with van der Waals surface area (Å²) in [5, 5.41) is 5.60. The van der Waals surface area contributed by atoms with E-state index in [0.29, 0.717) is 19.7 Å². The molecule has 1 saturated heterocycles. The second kappa shape index (κ2) is 9.39. The molecule has 1 fully saturated rings. The summed E-state index contributed by atoms with van der Waals surface area (Å²) in [6.07, 6.45) is 1.62. The summed E-state index contributed by atoms with van der Waals surface area (Å²) in [5.74, 6) is 0.549. The maximum atomic E-state index is 12.5. The van der Waals surface area contributed by atoms with Gasteiger partial charge < -0.3 is 20.1 Å². The van der Waals surface area contributed by atoms with Gasteiger partial charge in [0.25, 0.3) is 0 Å². The number of methoxy groups -OCH3 is 2. The van der Waals surface area contributed by atoms with Crippen LogP contribution in [0.15, 0.2) is 24.3 Å². The molecule has 7 nitrogen and oxygen atoms in total. The van der Waals surface area contributed by atoms with Gasteiger partial charge in [0.2, 0.25) is 11.8 Å². The molecule has 1 aromatic rings. The summed E-state index contributed by atoms with van der Waals surface area (Å²) in [7, 11) is 4.81. The number of amides is 2. The minimum Gasteiger partial charge on any atom is -0.497 e. The number of likely N-dealkylation sites (N-methyl/N-ethyl adjacent to an activating group) is 1. The number of nitrogens with zero attached hydrogens (tertiary/aromatic N) is 1. The maximum absolute atomic E-state index is 12.5. The smallest absolute Gasteiger partial charge is 0.241 e. The lowest BCUT2D eigenvalue weighted by Crippen LogP contribution is -2.48. The van der Waals surface area contributed by atoms with Crippen molar-refractivity contribution in [1.29, 1.82) is 0 Å². The highest BCUT2D eigenvalue weighted by molar-refractivity contribution is 5.86. The van der Waals surface area contributed by atoms with Gasteiger partial charge in [-0.2, -0.15) is 0 Å². The van der Waals surface area contributed by atoms with Gasteiger partial charge >= 0.3 is 0 Å². The van der Waals surface area contributed by atoms with Gasteiger partial charge in [-0.25, -0.2) is 0 Å². The third kappa shape index (κ3) is 4.70. The monoisotopic (exact) mass is 349 g/mol. The Balaban J connectivity index is 2.20. The van der Waals surface area contributed by atoms with Crippen molar-refractivity contribution in [2.24, 2.45) is 0 Å². The Kier molecular flexibility index (Phi) is 7.21. The van der Waals surface area contributed by atoms with Crippen LogP contribution in [0.1, 0.15) is 24.4 Å². The van der Waals surface area contributed by atoms with Crippen molar-refractivity contribution in [3.63, 3.8) is 0 Å². The Labute approximate surface area is 148 Å². The van der Waals surface area contributed by atoms with Gasteiger partial charge in [0, 0.05) is 27.2 Å². The highest BCUT2D eigenvalue weighted by Crippen LogP contribution is 2.30. The number of ether oxygens (including phenoxy) is 2. The average molecular weight is 349 g/mol. The van der Waals surface area contributed by atoms with Crippen molar-refractivity contribution in [3.8, 4) is 5.75 Å². The fourth-order valence-electron chi connectivity index (χ4n) is 3.19. The molecule has 0 saturated carbocycles. The topological polar surface area (TPSA) is 79.9 Å². The zero-order valence-electron chi connectivity index (χ0n) is 15.1. The third-order valence-corrected chi connectivity index (χ3v) is 4.46. The van der Waals surface area contributed by atoms with E-state index in [1.54, 1.807) is 21.3 Å². The van der Waals surface area contributed by atoms with Gasteiger partial charge in [-0.1, -0.05) is 12.1 Å². The third-order valence-electron chi connectivity index (χ3n) is 4.46. The molecule has 1 aliphatic heterocycles. The quantitative estimate of drug-likeness (QED) is 0.676. The summed E-state index contributed by atoms with van der Waals surface area (Å²) in [4.78, 5) is 27.0. The predicted octanol–water partition coefficient (Wildman–Crippen LogP) is 0.709. The van der Waals surface area contributed by atoms with Crippen molar-refractivity contribution >= 4 is 11.8 Å². The minimum atomic E-state index is -0.503. The Morgan fingerprint density at radius 1 is 1.28 bits per heavy atom. The number of carbonyl (C=O) groups excluding carboxylic acids is 2. The molecule has 2 N–H and O–H groups in total. The van der Waals surface area contributed by atoms with E-state index in [0.717, 1.165) is 24.2 Å². The van der Waals surface area contributed by atoms with E-state index in [1.165, 1.54) is 0 Å². The molecule has 25 heavy (non-hydrogen) atoms. The molecule has 2 atom stereocenters. The van der Waals surface area contributed by atoms with E-state index in [-0.39, 0.29) is 17.9 Å². The molecule has 0 aliphatic carbocycles. The standard InChI is InChI=1S/C18H27N3O4/c1-19-18(23)16(13-6-8-14(25-3)9-7-13)21-11-4-5-15(21)17(22)20-10-12-24-2/h6-9,15-16H,4-5,10-12H2,1-3H3,(H,19,23)(H,20,22). The SMILES string of the molecule is CNC(=O)C(c1ccc(OC)cc1)N1CCCC1C(=O)NCCOC. The van der Waals surface area contributed by atoms with Crippen LogP contribution >= 0.6 is 0 Å². The lowest BCUT2D eigenvalue weighted by molar-refractivity contribution is -0.131. The van der Waals surface area contributed by atoms with Crippen molar-refractivity contribution in [3.05, 3.63) is 29.8 Å². The van der Waals surface area contributed by atoms with E-state index in [1.807, 2.05) is 29.2 Å². The molecule has 1 heterocycles. The van der Waals surface area contributed by atoms with E-state index < -0.39 is 6.04 Å².